The van der Waals surface area contributed by atoms with Gasteiger partial charge in [0.25, 0.3) is 5.91 Å². The first-order chi connectivity index (χ1) is 25.7. The van der Waals surface area contributed by atoms with Crippen molar-refractivity contribution in [1.82, 2.24) is 20.2 Å². The third kappa shape index (κ3) is 11.2. The van der Waals surface area contributed by atoms with Crippen LogP contribution in [0.25, 0.3) is 22.5 Å². The highest BCUT2D eigenvalue weighted by Crippen LogP contribution is 2.26. The predicted octanol–water partition coefficient (Wildman–Crippen LogP) is 8.60. The largest absolute Gasteiger partial charge is 0.494 e. The van der Waals surface area contributed by atoms with Gasteiger partial charge in [0.05, 0.1) is 12.5 Å². The summed E-state index contributed by atoms with van der Waals surface area (Å²) in [6.45, 7) is 15.3. The molecule has 0 aliphatic carbocycles. The number of hydrogen-bond donors (Lipinski definition) is 1. The molecule has 2 amide bonds. The van der Waals surface area contributed by atoms with Crippen LogP contribution < -0.4 is 10.1 Å². The van der Waals surface area contributed by atoms with Crippen LogP contribution in [0.15, 0.2) is 85.2 Å². The van der Waals surface area contributed by atoms with Gasteiger partial charge >= 0.3 is 5.97 Å². The number of carbonyl (C=O) groups is 3. The number of nitrogens with zero attached hydrogens (tertiary/aromatic N) is 3. The van der Waals surface area contributed by atoms with Crippen LogP contribution in [-0.4, -0.2) is 64.0 Å². The Morgan fingerprint density at radius 3 is 1.98 bits per heavy atom. The molecule has 286 valence electrons. The molecule has 54 heavy (non-hydrogen) atoms. The Kier molecular flexibility index (Phi) is 13.3. The van der Waals surface area contributed by atoms with E-state index >= 15 is 0 Å². The molecule has 1 atom stereocenters. The third-order valence-corrected chi connectivity index (χ3v) is 9.56. The fourth-order valence-electron chi connectivity index (χ4n) is 6.27. The second-order valence-corrected chi connectivity index (χ2v) is 16.3. The fourth-order valence-corrected chi connectivity index (χ4v) is 6.27. The minimum atomic E-state index is -0.830. The molecule has 0 spiro atoms. The second kappa shape index (κ2) is 17.9. The highest BCUT2D eigenvalue weighted by Gasteiger charge is 2.40. The van der Waals surface area contributed by atoms with E-state index in [4.69, 9.17) is 9.47 Å². The van der Waals surface area contributed by atoms with Gasteiger partial charge in [0, 0.05) is 48.6 Å². The summed E-state index contributed by atoms with van der Waals surface area (Å²) in [4.78, 5) is 50.8. The molecule has 2 heterocycles. The maximum absolute atomic E-state index is 13.8. The van der Waals surface area contributed by atoms with Crippen LogP contribution in [0.1, 0.15) is 102 Å². The zero-order valence-corrected chi connectivity index (χ0v) is 33.0. The maximum Gasteiger partial charge on any atom is 0.313 e. The first-order valence-electron chi connectivity index (χ1n) is 19.3. The number of ether oxygens (including phenoxy) is 2. The Morgan fingerprint density at radius 1 is 0.778 bits per heavy atom. The molecule has 9 nitrogen and oxygen atoms in total. The lowest BCUT2D eigenvalue weighted by Gasteiger charge is -2.40. The average Bonchev–Trinajstić information content (AvgIpc) is 3.11. The predicted molar refractivity (Wildman–Crippen MR) is 213 cm³/mol. The first-order valence-corrected chi connectivity index (χ1v) is 19.3. The van der Waals surface area contributed by atoms with Crippen LogP contribution in [0.3, 0.4) is 0 Å². The maximum atomic E-state index is 13.8. The van der Waals surface area contributed by atoms with Crippen molar-refractivity contribution >= 4 is 17.8 Å². The summed E-state index contributed by atoms with van der Waals surface area (Å²) < 4.78 is 11.4. The Balaban J connectivity index is 1.23. The molecule has 3 aromatic carbocycles. The van der Waals surface area contributed by atoms with E-state index in [9.17, 15) is 14.4 Å². The van der Waals surface area contributed by atoms with Crippen molar-refractivity contribution in [3.8, 4) is 28.3 Å². The highest BCUT2D eigenvalue weighted by molar-refractivity contribution is 5.98. The lowest BCUT2D eigenvalue weighted by molar-refractivity contribution is -0.168. The Morgan fingerprint density at radius 2 is 1.39 bits per heavy atom. The second-order valence-electron chi connectivity index (χ2n) is 16.3. The number of benzene rings is 3. The molecule has 0 bridgehead atoms. The van der Waals surface area contributed by atoms with Crippen molar-refractivity contribution in [1.29, 1.82) is 0 Å². The summed E-state index contributed by atoms with van der Waals surface area (Å²) >= 11 is 0. The molecule has 1 unspecified atom stereocenters. The van der Waals surface area contributed by atoms with Crippen molar-refractivity contribution in [3.05, 3.63) is 102 Å². The zero-order valence-electron chi connectivity index (χ0n) is 33.0. The molecule has 0 radical (unpaired) electrons. The van der Waals surface area contributed by atoms with Crippen molar-refractivity contribution in [2.45, 2.75) is 104 Å². The van der Waals surface area contributed by atoms with Crippen LogP contribution in [-0.2, 0) is 26.2 Å². The number of esters is 1. The molecule has 1 N–H and O–H groups in total. The SMILES string of the molecule is CCCCCCCOc1ccc(-c2cnc(-c3ccc(CC(NC(=O)c4ccc(C(C)(C)C)cc4)C(=O)N4CC(C(=O)OC(C)(C)C)C4)cc3)nc2)cc1. The quantitative estimate of drug-likeness (QED) is 0.0963. The molecule has 5 rings (SSSR count). The number of nitrogens with one attached hydrogen (secondary N) is 1. The van der Waals surface area contributed by atoms with Crippen molar-refractivity contribution < 1.29 is 23.9 Å². The van der Waals surface area contributed by atoms with Gasteiger partial charge in [-0.15, -0.1) is 0 Å². The van der Waals surface area contributed by atoms with Gasteiger partial charge in [-0.25, -0.2) is 9.97 Å². The molecule has 1 aromatic heterocycles. The van der Waals surface area contributed by atoms with Crippen LogP contribution in [0.4, 0.5) is 0 Å². The normalized spacial score (nSPS) is 13.9. The van der Waals surface area contributed by atoms with E-state index in [1.165, 1.54) is 25.7 Å². The lowest BCUT2D eigenvalue weighted by Crippen LogP contribution is -2.59. The van der Waals surface area contributed by atoms with Crippen LogP contribution in [0.2, 0.25) is 0 Å². The molecule has 9 heteroatoms. The minimum Gasteiger partial charge on any atom is -0.494 e. The topological polar surface area (TPSA) is 111 Å². The van der Waals surface area contributed by atoms with Gasteiger partial charge in [-0.3, -0.25) is 14.4 Å². The van der Waals surface area contributed by atoms with E-state index in [0.29, 0.717) is 11.4 Å². The van der Waals surface area contributed by atoms with Crippen LogP contribution in [0, 0.1) is 5.92 Å². The highest BCUT2D eigenvalue weighted by atomic mass is 16.6. The van der Waals surface area contributed by atoms with Crippen LogP contribution in [0.5, 0.6) is 5.75 Å². The Labute approximate surface area is 320 Å². The van der Waals surface area contributed by atoms with Gasteiger partial charge in [0.1, 0.15) is 17.4 Å². The van der Waals surface area contributed by atoms with E-state index in [2.05, 4.69) is 43.0 Å². The summed E-state index contributed by atoms with van der Waals surface area (Å²) in [6, 6.07) is 22.4. The smallest absolute Gasteiger partial charge is 0.313 e. The number of amides is 2. The number of rotatable bonds is 15. The minimum absolute atomic E-state index is 0.0519. The van der Waals surface area contributed by atoms with E-state index in [1.54, 1.807) is 17.0 Å². The number of unbranched alkanes of at least 4 members (excludes halogenated alkanes) is 4. The average molecular weight is 733 g/mol. The summed E-state index contributed by atoms with van der Waals surface area (Å²) in [5.41, 5.74) is 4.55. The van der Waals surface area contributed by atoms with E-state index in [0.717, 1.165) is 46.6 Å². The van der Waals surface area contributed by atoms with E-state index in [1.807, 2.05) is 93.8 Å². The van der Waals surface area contributed by atoms with Crippen molar-refractivity contribution in [3.63, 3.8) is 0 Å². The summed E-state index contributed by atoms with van der Waals surface area (Å²) in [5.74, 6) is 0.177. The first kappa shape index (κ1) is 40.1. The summed E-state index contributed by atoms with van der Waals surface area (Å²) in [5, 5.41) is 2.98. The molecule has 1 aliphatic heterocycles. The van der Waals surface area contributed by atoms with Gasteiger partial charge in [-0.05, 0) is 73.6 Å². The molecule has 1 fully saturated rings. The number of carbonyl (C=O) groups excluding carboxylic acids is 3. The fraction of sp³-hybridized carbons (Fsp3) is 0.444. The number of aromatic nitrogens is 2. The van der Waals surface area contributed by atoms with Gasteiger partial charge in [-0.2, -0.15) is 0 Å². The molecular formula is C45H56N4O5. The number of hydrogen-bond acceptors (Lipinski definition) is 7. The van der Waals surface area contributed by atoms with Crippen molar-refractivity contribution in [2.24, 2.45) is 5.92 Å². The zero-order chi connectivity index (χ0) is 38.9. The summed E-state index contributed by atoms with van der Waals surface area (Å²) in [7, 11) is 0. The molecule has 1 aliphatic rings. The lowest BCUT2D eigenvalue weighted by atomic mass is 9.86. The Hall–Kier alpha value is -5.05. The Bertz CT molecular complexity index is 1840. The monoisotopic (exact) mass is 732 g/mol. The van der Waals surface area contributed by atoms with Gasteiger partial charge < -0.3 is 19.7 Å². The van der Waals surface area contributed by atoms with Gasteiger partial charge in [0.2, 0.25) is 5.91 Å². The van der Waals surface area contributed by atoms with Gasteiger partial charge in [-0.1, -0.05) is 102 Å². The third-order valence-electron chi connectivity index (χ3n) is 9.56. The van der Waals surface area contributed by atoms with Gasteiger partial charge in [0.15, 0.2) is 5.82 Å². The number of likely N-dealkylation sites (tertiary alicyclic amines) is 1. The van der Waals surface area contributed by atoms with Crippen molar-refractivity contribution in [2.75, 3.05) is 19.7 Å². The molecule has 4 aromatic rings. The van der Waals surface area contributed by atoms with E-state index in [-0.39, 0.29) is 48.6 Å². The standard InChI is InChI=1S/C45H56N4O5/c1-8-9-10-11-12-25-53-38-23-19-32(20-24-38)35-27-46-40(47-28-35)33-15-13-31(14-16-33)26-39(42(51)49-29-36(30-49)43(52)54-45(5,6)7)48-41(50)34-17-21-37(22-18-34)44(2,3)4/h13-24,27-28,36,39H,8-12,25-26,29-30H2,1-7H3,(H,48,50). The molecular weight excluding hydrogens is 677 g/mol. The molecule has 0 saturated carbocycles. The van der Waals surface area contributed by atoms with Crippen LogP contribution >= 0.6 is 0 Å². The summed E-state index contributed by atoms with van der Waals surface area (Å²) in [6.07, 6.45) is 9.94. The van der Waals surface area contributed by atoms with E-state index < -0.39 is 11.6 Å². The molecule has 1 saturated heterocycles.